The Morgan fingerprint density at radius 3 is 2.73 bits per heavy atom. The molecule has 0 amide bonds. The fourth-order valence-electron chi connectivity index (χ4n) is 1.79. The third-order valence-corrected chi connectivity index (χ3v) is 3.73. The molecule has 2 N–H and O–H groups in total. The zero-order valence-corrected chi connectivity index (χ0v) is 10.5. The molecule has 0 aromatic carbocycles. The first-order valence-electron chi connectivity index (χ1n) is 5.06. The Labute approximate surface area is 98.0 Å². The molecule has 15 heavy (non-hydrogen) atoms. The fraction of sp³-hybridized carbons (Fsp3) is 0.545. The number of aromatic nitrogens is 1. The van der Waals surface area contributed by atoms with Crippen molar-refractivity contribution in [1.82, 2.24) is 4.98 Å². The number of aliphatic hydroxyl groups is 1. The van der Waals surface area contributed by atoms with Gasteiger partial charge in [0.2, 0.25) is 0 Å². The molecule has 0 spiro atoms. The Morgan fingerprint density at radius 1 is 1.53 bits per heavy atom. The van der Waals surface area contributed by atoms with Gasteiger partial charge in [0, 0.05) is 22.1 Å². The molecule has 2 unspecified atom stereocenters. The van der Waals surface area contributed by atoms with Crippen LogP contribution in [0.5, 0.6) is 0 Å². The van der Waals surface area contributed by atoms with Gasteiger partial charge in [-0.1, -0.05) is 13.8 Å². The average Bonchev–Trinajstić information content (AvgIpc) is 2.21. The molecule has 0 radical (unpaired) electrons. The van der Waals surface area contributed by atoms with Crippen LogP contribution in [0, 0.1) is 5.41 Å². The van der Waals surface area contributed by atoms with Gasteiger partial charge in [0.05, 0.1) is 6.10 Å². The van der Waals surface area contributed by atoms with E-state index in [0.717, 1.165) is 16.7 Å². The van der Waals surface area contributed by atoms with E-state index >= 15 is 0 Å². The molecule has 1 aliphatic rings. The topological polar surface area (TPSA) is 45.1 Å². The zero-order chi connectivity index (χ0) is 11.1. The van der Waals surface area contributed by atoms with Gasteiger partial charge in [-0.15, -0.1) is 0 Å². The second-order valence-corrected chi connectivity index (χ2v) is 5.55. The Balaban J connectivity index is 2.02. The second kappa shape index (κ2) is 3.76. The maximum atomic E-state index is 9.60. The molecule has 1 fully saturated rings. The molecule has 1 heterocycles. The number of halogens is 1. The van der Waals surface area contributed by atoms with Crippen molar-refractivity contribution in [3.8, 4) is 0 Å². The summed E-state index contributed by atoms with van der Waals surface area (Å²) in [6, 6.07) is 4.20. The summed E-state index contributed by atoms with van der Waals surface area (Å²) in [6.45, 7) is 4.13. The molecule has 2 atom stereocenters. The summed E-state index contributed by atoms with van der Waals surface area (Å²) in [5, 5.41) is 12.9. The van der Waals surface area contributed by atoms with Crippen LogP contribution < -0.4 is 5.32 Å². The summed E-state index contributed by atoms with van der Waals surface area (Å²) in [5.74, 6) is 0.864. The van der Waals surface area contributed by atoms with Crippen molar-refractivity contribution in [2.45, 2.75) is 32.4 Å². The number of rotatable bonds is 2. The van der Waals surface area contributed by atoms with Crippen molar-refractivity contribution in [2.75, 3.05) is 5.32 Å². The monoisotopic (exact) mass is 270 g/mol. The molecule has 2 rings (SSSR count). The van der Waals surface area contributed by atoms with Crippen LogP contribution in [-0.4, -0.2) is 22.2 Å². The first-order chi connectivity index (χ1) is 7.00. The van der Waals surface area contributed by atoms with Crippen molar-refractivity contribution >= 4 is 21.7 Å². The van der Waals surface area contributed by atoms with Gasteiger partial charge in [-0.2, -0.15) is 0 Å². The Hall–Kier alpha value is -0.610. The number of pyridine rings is 1. The van der Waals surface area contributed by atoms with Crippen molar-refractivity contribution < 1.29 is 5.11 Å². The van der Waals surface area contributed by atoms with E-state index in [9.17, 15) is 5.11 Å². The van der Waals surface area contributed by atoms with Gasteiger partial charge in [0.1, 0.15) is 5.82 Å². The lowest BCUT2D eigenvalue weighted by Crippen LogP contribution is -2.57. The van der Waals surface area contributed by atoms with E-state index < -0.39 is 0 Å². The van der Waals surface area contributed by atoms with Gasteiger partial charge >= 0.3 is 0 Å². The predicted molar refractivity (Wildman–Crippen MR) is 63.8 cm³/mol. The molecular formula is C11H15BrN2O. The Morgan fingerprint density at radius 2 is 2.27 bits per heavy atom. The van der Waals surface area contributed by atoms with Crippen molar-refractivity contribution in [2.24, 2.45) is 5.41 Å². The van der Waals surface area contributed by atoms with Crippen LogP contribution in [0.4, 0.5) is 5.82 Å². The Bertz CT molecular complexity index is 350. The minimum absolute atomic E-state index is 0.0608. The summed E-state index contributed by atoms with van der Waals surface area (Å²) in [4.78, 5) is 4.25. The highest BCUT2D eigenvalue weighted by atomic mass is 79.9. The first kappa shape index (κ1) is 10.9. The molecule has 0 saturated heterocycles. The van der Waals surface area contributed by atoms with Crippen LogP contribution in [-0.2, 0) is 0 Å². The third kappa shape index (κ3) is 2.01. The van der Waals surface area contributed by atoms with E-state index in [2.05, 4.69) is 40.1 Å². The number of hydrogen-bond donors (Lipinski definition) is 2. The van der Waals surface area contributed by atoms with Crippen molar-refractivity contribution in [3.63, 3.8) is 0 Å². The van der Waals surface area contributed by atoms with Gasteiger partial charge in [0.25, 0.3) is 0 Å². The van der Waals surface area contributed by atoms with Gasteiger partial charge in [-0.25, -0.2) is 4.98 Å². The summed E-state index contributed by atoms with van der Waals surface area (Å²) in [5.41, 5.74) is -0.0608. The van der Waals surface area contributed by atoms with E-state index in [-0.39, 0.29) is 11.5 Å². The molecular weight excluding hydrogens is 256 g/mol. The van der Waals surface area contributed by atoms with Crippen LogP contribution in [0.25, 0.3) is 0 Å². The molecule has 1 aromatic heterocycles. The second-order valence-electron chi connectivity index (χ2n) is 4.63. The fourth-order valence-corrected chi connectivity index (χ4v) is 2.02. The first-order valence-corrected chi connectivity index (χ1v) is 5.85. The zero-order valence-electron chi connectivity index (χ0n) is 8.87. The lowest BCUT2D eigenvalue weighted by Gasteiger charge is -2.49. The summed E-state index contributed by atoms with van der Waals surface area (Å²) in [7, 11) is 0. The van der Waals surface area contributed by atoms with Gasteiger partial charge < -0.3 is 10.4 Å². The molecule has 82 valence electrons. The largest absolute Gasteiger partial charge is 0.392 e. The minimum Gasteiger partial charge on any atom is -0.392 e. The smallest absolute Gasteiger partial charge is 0.126 e. The molecule has 4 heteroatoms. The normalized spacial score (nSPS) is 28.3. The van der Waals surface area contributed by atoms with Crippen LogP contribution in [0.15, 0.2) is 22.8 Å². The number of nitrogens with zero attached hydrogens (tertiary/aromatic N) is 1. The van der Waals surface area contributed by atoms with Crippen LogP contribution in [0.1, 0.15) is 20.3 Å². The molecule has 1 aliphatic carbocycles. The maximum absolute atomic E-state index is 9.60. The predicted octanol–water partition coefficient (Wildman–Crippen LogP) is 2.42. The van der Waals surface area contributed by atoms with E-state index in [1.165, 1.54) is 0 Å². The molecule has 0 bridgehead atoms. The van der Waals surface area contributed by atoms with Gasteiger partial charge in [0.15, 0.2) is 0 Å². The van der Waals surface area contributed by atoms with Crippen LogP contribution >= 0.6 is 15.9 Å². The van der Waals surface area contributed by atoms with Crippen molar-refractivity contribution in [3.05, 3.63) is 22.8 Å². The molecule has 3 nitrogen and oxygen atoms in total. The lowest BCUT2D eigenvalue weighted by atomic mass is 9.64. The SMILES string of the molecule is CC1(C)C(O)CC1Nc1ccc(Br)cn1. The van der Waals surface area contributed by atoms with Gasteiger partial charge in [-0.05, 0) is 34.5 Å². The van der Waals surface area contributed by atoms with Gasteiger partial charge in [-0.3, -0.25) is 0 Å². The highest BCUT2D eigenvalue weighted by Crippen LogP contribution is 2.41. The Kier molecular flexibility index (Phi) is 2.73. The number of aliphatic hydroxyl groups excluding tert-OH is 1. The number of anilines is 1. The highest BCUT2D eigenvalue weighted by Gasteiger charge is 2.47. The third-order valence-electron chi connectivity index (χ3n) is 3.27. The quantitative estimate of drug-likeness (QED) is 0.868. The van der Waals surface area contributed by atoms with Crippen molar-refractivity contribution in [1.29, 1.82) is 0 Å². The maximum Gasteiger partial charge on any atom is 0.126 e. The van der Waals surface area contributed by atoms with E-state index in [1.807, 2.05) is 12.1 Å². The average molecular weight is 271 g/mol. The molecule has 1 aromatic rings. The summed E-state index contributed by atoms with van der Waals surface area (Å²) < 4.78 is 0.973. The van der Waals surface area contributed by atoms with E-state index in [1.54, 1.807) is 6.20 Å². The summed E-state index contributed by atoms with van der Waals surface area (Å²) in [6.07, 6.45) is 2.36. The van der Waals surface area contributed by atoms with E-state index in [4.69, 9.17) is 0 Å². The van der Waals surface area contributed by atoms with E-state index in [0.29, 0.717) is 6.04 Å². The van der Waals surface area contributed by atoms with Crippen LogP contribution in [0.3, 0.4) is 0 Å². The molecule has 0 aliphatic heterocycles. The summed E-state index contributed by atoms with van der Waals surface area (Å²) >= 11 is 3.34. The number of hydrogen-bond acceptors (Lipinski definition) is 3. The number of nitrogens with one attached hydrogen (secondary N) is 1. The van der Waals surface area contributed by atoms with Crippen LogP contribution in [0.2, 0.25) is 0 Å². The highest BCUT2D eigenvalue weighted by molar-refractivity contribution is 9.10. The standard InChI is InChI=1S/C11H15BrN2O/c1-11(2)8(5-9(11)15)14-10-4-3-7(12)6-13-10/h3-4,6,8-9,15H,5H2,1-2H3,(H,13,14). The lowest BCUT2D eigenvalue weighted by molar-refractivity contribution is -0.0511. The molecule has 1 saturated carbocycles. The minimum atomic E-state index is -0.203.